The van der Waals surface area contributed by atoms with Crippen LogP contribution in [0.5, 0.6) is 0 Å². The van der Waals surface area contributed by atoms with Gasteiger partial charge < -0.3 is 14.5 Å². The van der Waals surface area contributed by atoms with E-state index in [-0.39, 0.29) is 11.7 Å². The monoisotopic (exact) mass is 407 g/mol. The molecule has 1 amide bonds. The first-order chi connectivity index (χ1) is 14.5. The highest BCUT2D eigenvalue weighted by Crippen LogP contribution is 2.33. The van der Waals surface area contributed by atoms with Gasteiger partial charge in [-0.3, -0.25) is 4.79 Å². The number of hydrogen-bond donors (Lipinski definition) is 0. The molecule has 30 heavy (non-hydrogen) atoms. The molecule has 0 spiro atoms. The van der Waals surface area contributed by atoms with Gasteiger partial charge in [0.1, 0.15) is 5.82 Å². The molecule has 1 fully saturated rings. The van der Waals surface area contributed by atoms with Gasteiger partial charge >= 0.3 is 5.97 Å². The molecule has 0 N–H and O–H groups in total. The summed E-state index contributed by atoms with van der Waals surface area (Å²) in [6.07, 6.45) is 0. The molecule has 0 radical (unpaired) electrons. The lowest BCUT2D eigenvalue weighted by molar-refractivity contribution is -0.129. The minimum atomic E-state index is -0.406. The summed E-state index contributed by atoms with van der Waals surface area (Å²) in [6, 6.07) is 13.5. The Morgan fingerprint density at radius 2 is 1.70 bits per heavy atom. The maximum atomic E-state index is 13.5. The average Bonchev–Trinajstić information content (AvgIpc) is 2.78. The van der Waals surface area contributed by atoms with E-state index >= 15 is 0 Å². The molecule has 7 heteroatoms. The number of ether oxygens (including phenoxy) is 1. The lowest BCUT2D eigenvalue weighted by Crippen LogP contribution is -2.48. The number of carbonyl (C=O) groups excluding carboxylic acids is 2. The number of nitrogens with zero attached hydrogens (tertiary/aromatic N) is 3. The summed E-state index contributed by atoms with van der Waals surface area (Å²) in [5.41, 5.74) is 3.62. The number of carbonyl (C=O) groups is 2. The molecule has 0 saturated carbocycles. The van der Waals surface area contributed by atoms with Crippen molar-refractivity contribution in [1.29, 1.82) is 0 Å². The number of hydrogen-bond acceptors (Lipinski definition) is 5. The van der Waals surface area contributed by atoms with E-state index in [0.717, 1.165) is 27.8 Å². The zero-order valence-electron chi connectivity index (χ0n) is 16.9. The van der Waals surface area contributed by atoms with Gasteiger partial charge in [-0.1, -0.05) is 0 Å². The Balaban J connectivity index is 1.81. The third kappa shape index (κ3) is 3.83. The second kappa shape index (κ2) is 8.10. The van der Waals surface area contributed by atoms with Crippen LogP contribution in [0.2, 0.25) is 0 Å². The summed E-state index contributed by atoms with van der Waals surface area (Å²) in [4.78, 5) is 32.4. The molecule has 154 valence electrons. The molecule has 0 atom stereocenters. The minimum Gasteiger partial charge on any atom is -0.465 e. The van der Waals surface area contributed by atoms with Gasteiger partial charge in [0, 0.05) is 44.1 Å². The molecule has 0 bridgehead atoms. The number of pyridine rings is 1. The highest BCUT2D eigenvalue weighted by molar-refractivity contribution is 5.96. The highest BCUT2D eigenvalue weighted by atomic mass is 19.1. The first-order valence-electron chi connectivity index (χ1n) is 9.76. The van der Waals surface area contributed by atoms with Crippen molar-refractivity contribution in [3.63, 3.8) is 0 Å². The predicted molar refractivity (Wildman–Crippen MR) is 113 cm³/mol. The van der Waals surface area contributed by atoms with Crippen LogP contribution >= 0.6 is 0 Å². The van der Waals surface area contributed by atoms with E-state index in [1.54, 1.807) is 37.3 Å². The fourth-order valence-corrected chi connectivity index (χ4v) is 3.73. The highest BCUT2D eigenvalue weighted by Gasteiger charge is 2.22. The van der Waals surface area contributed by atoms with Crippen LogP contribution in [0.4, 0.5) is 10.1 Å². The standard InChI is InChI=1S/C23H22FN3O3/c1-15(28)26-9-11-27(12-10-26)21-14-18-13-17(23(29)30-2)5-8-20(18)25-22(21)16-3-6-19(24)7-4-16/h3-8,13-14H,9-12H2,1-2H3. The van der Waals surface area contributed by atoms with Gasteiger partial charge in [0.25, 0.3) is 0 Å². The first kappa shape index (κ1) is 19.8. The van der Waals surface area contributed by atoms with E-state index in [0.29, 0.717) is 31.7 Å². The molecule has 1 aromatic heterocycles. The third-order valence-corrected chi connectivity index (χ3v) is 5.40. The summed E-state index contributed by atoms with van der Waals surface area (Å²) in [5, 5.41) is 0.813. The van der Waals surface area contributed by atoms with Crippen LogP contribution < -0.4 is 4.90 Å². The quantitative estimate of drug-likeness (QED) is 0.622. The summed E-state index contributed by atoms with van der Waals surface area (Å²) in [6.45, 7) is 4.15. The Bertz CT molecular complexity index is 1110. The van der Waals surface area contributed by atoms with E-state index < -0.39 is 5.97 Å². The molecule has 2 aromatic carbocycles. The number of fused-ring (bicyclic) bond motifs is 1. The summed E-state index contributed by atoms with van der Waals surface area (Å²) in [5.74, 6) is -0.650. The molecule has 1 aliphatic heterocycles. The van der Waals surface area contributed by atoms with E-state index in [9.17, 15) is 14.0 Å². The van der Waals surface area contributed by atoms with Crippen molar-refractivity contribution in [2.75, 3.05) is 38.2 Å². The second-order valence-corrected chi connectivity index (χ2v) is 7.26. The normalized spacial score (nSPS) is 14.1. The van der Waals surface area contributed by atoms with Crippen LogP contribution in [0.1, 0.15) is 17.3 Å². The smallest absolute Gasteiger partial charge is 0.337 e. The van der Waals surface area contributed by atoms with Crippen molar-refractivity contribution in [3.8, 4) is 11.3 Å². The summed E-state index contributed by atoms with van der Waals surface area (Å²) >= 11 is 0. The summed E-state index contributed by atoms with van der Waals surface area (Å²) < 4.78 is 18.3. The SMILES string of the molecule is COC(=O)c1ccc2nc(-c3ccc(F)cc3)c(N3CCN(C(C)=O)CC3)cc2c1. The molecule has 4 rings (SSSR count). The van der Waals surface area contributed by atoms with Gasteiger partial charge in [-0.2, -0.15) is 0 Å². The zero-order chi connectivity index (χ0) is 21.3. The molecule has 1 saturated heterocycles. The predicted octanol–water partition coefficient (Wildman–Crippen LogP) is 3.50. The maximum Gasteiger partial charge on any atom is 0.337 e. The number of anilines is 1. The number of amides is 1. The van der Waals surface area contributed by atoms with Crippen molar-refractivity contribution < 1.29 is 18.7 Å². The van der Waals surface area contributed by atoms with Crippen molar-refractivity contribution in [3.05, 3.63) is 59.9 Å². The number of esters is 1. The van der Waals surface area contributed by atoms with Gasteiger partial charge in [0.15, 0.2) is 0 Å². The third-order valence-electron chi connectivity index (χ3n) is 5.40. The Hall–Kier alpha value is -3.48. The average molecular weight is 407 g/mol. The van der Waals surface area contributed by atoms with Crippen molar-refractivity contribution in [1.82, 2.24) is 9.88 Å². The van der Waals surface area contributed by atoms with Gasteiger partial charge in [0.05, 0.1) is 29.6 Å². The number of benzene rings is 2. The number of aromatic nitrogens is 1. The van der Waals surface area contributed by atoms with Crippen LogP contribution in [0.25, 0.3) is 22.2 Å². The number of methoxy groups -OCH3 is 1. The van der Waals surface area contributed by atoms with Crippen molar-refractivity contribution in [2.45, 2.75) is 6.92 Å². The van der Waals surface area contributed by atoms with Gasteiger partial charge in [-0.15, -0.1) is 0 Å². The molecule has 2 heterocycles. The molecule has 1 aliphatic rings. The fourth-order valence-electron chi connectivity index (χ4n) is 3.73. The Morgan fingerprint density at radius 3 is 2.33 bits per heavy atom. The van der Waals surface area contributed by atoms with E-state index in [1.807, 2.05) is 11.0 Å². The minimum absolute atomic E-state index is 0.0627. The molecular weight excluding hydrogens is 385 g/mol. The second-order valence-electron chi connectivity index (χ2n) is 7.26. The molecule has 0 unspecified atom stereocenters. The van der Waals surface area contributed by atoms with Crippen LogP contribution in [-0.2, 0) is 9.53 Å². The molecule has 3 aromatic rings. The largest absolute Gasteiger partial charge is 0.465 e. The Morgan fingerprint density at radius 1 is 1.00 bits per heavy atom. The lowest BCUT2D eigenvalue weighted by Gasteiger charge is -2.36. The van der Waals surface area contributed by atoms with Crippen LogP contribution in [0.3, 0.4) is 0 Å². The molecule has 6 nitrogen and oxygen atoms in total. The van der Waals surface area contributed by atoms with Crippen molar-refractivity contribution >= 4 is 28.5 Å². The van der Waals surface area contributed by atoms with E-state index in [2.05, 4.69) is 4.90 Å². The lowest BCUT2D eigenvalue weighted by atomic mass is 10.0. The summed E-state index contributed by atoms with van der Waals surface area (Å²) in [7, 11) is 1.35. The van der Waals surface area contributed by atoms with Gasteiger partial charge in [-0.25, -0.2) is 14.2 Å². The number of halogens is 1. The zero-order valence-corrected chi connectivity index (χ0v) is 16.9. The molecular formula is C23H22FN3O3. The topological polar surface area (TPSA) is 62.7 Å². The first-order valence-corrected chi connectivity index (χ1v) is 9.76. The van der Waals surface area contributed by atoms with Crippen LogP contribution in [0, 0.1) is 5.82 Å². The number of piperazine rings is 1. The van der Waals surface area contributed by atoms with Crippen molar-refractivity contribution in [2.24, 2.45) is 0 Å². The van der Waals surface area contributed by atoms with Crippen LogP contribution in [-0.4, -0.2) is 55.0 Å². The fraction of sp³-hybridized carbons (Fsp3) is 0.261. The van der Waals surface area contributed by atoms with E-state index in [1.165, 1.54) is 19.2 Å². The number of rotatable bonds is 3. The Labute approximate surface area is 173 Å². The van der Waals surface area contributed by atoms with Gasteiger partial charge in [0.2, 0.25) is 5.91 Å². The van der Waals surface area contributed by atoms with Gasteiger partial charge in [-0.05, 0) is 48.5 Å². The van der Waals surface area contributed by atoms with E-state index in [4.69, 9.17) is 9.72 Å². The molecule has 0 aliphatic carbocycles. The maximum absolute atomic E-state index is 13.5. The Kier molecular flexibility index (Phi) is 5.35. The van der Waals surface area contributed by atoms with Crippen LogP contribution in [0.15, 0.2) is 48.5 Å².